The highest BCUT2D eigenvalue weighted by Gasteiger charge is 2.46. The fourth-order valence-electron chi connectivity index (χ4n) is 3.47. The SMILES string of the molecule is CC(C)C1NC(C(C)C)N(C2CCOC(C)(C)C2)C1=O. The number of carbonyl (C=O) groups excluding carboxylic acids is 1. The zero-order chi connectivity index (χ0) is 15.1. The Morgan fingerprint density at radius 1 is 1.25 bits per heavy atom. The van der Waals surface area contributed by atoms with Crippen molar-refractivity contribution in [1.29, 1.82) is 0 Å². The topological polar surface area (TPSA) is 41.6 Å². The van der Waals surface area contributed by atoms with Crippen LogP contribution in [0.5, 0.6) is 0 Å². The molecule has 20 heavy (non-hydrogen) atoms. The number of nitrogens with zero attached hydrogens (tertiary/aromatic N) is 1. The van der Waals surface area contributed by atoms with Crippen molar-refractivity contribution in [2.75, 3.05) is 6.61 Å². The fraction of sp³-hybridized carbons (Fsp3) is 0.938. The van der Waals surface area contributed by atoms with E-state index in [1.165, 1.54) is 0 Å². The minimum Gasteiger partial charge on any atom is -0.375 e. The van der Waals surface area contributed by atoms with Gasteiger partial charge in [0.15, 0.2) is 0 Å². The number of nitrogens with one attached hydrogen (secondary N) is 1. The first-order chi connectivity index (χ1) is 9.23. The lowest BCUT2D eigenvalue weighted by molar-refractivity contribution is -0.140. The first-order valence-corrected chi connectivity index (χ1v) is 7.95. The lowest BCUT2D eigenvalue weighted by Crippen LogP contribution is -2.52. The summed E-state index contributed by atoms with van der Waals surface area (Å²) < 4.78 is 5.80. The van der Waals surface area contributed by atoms with Crippen molar-refractivity contribution in [3.05, 3.63) is 0 Å². The largest absolute Gasteiger partial charge is 0.375 e. The Morgan fingerprint density at radius 2 is 1.90 bits per heavy atom. The van der Waals surface area contributed by atoms with E-state index in [1.807, 2.05) is 0 Å². The van der Waals surface area contributed by atoms with Crippen LogP contribution < -0.4 is 5.32 Å². The van der Waals surface area contributed by atoms with E-state index in [0.29, 0.717) is 17.9 Å². The normalized spacial score (nSPS) is 34.3. The average Bonchev–Trinajstić information content (AvgIpc) is 2.65. The van der Waals surface area contributed by atoms with Crippen LogP contribution in [0.2, 0.25) is 0 Å². The van der Waals surface area contributed by atoms with Crippen LogP contribution in [0.4, 0.5) is 0 Å². The molecule has 2 rings (SSSR count). The molecule has 2 aliphatic heterocycles. The van der Waals surface area contributed by atoms with Crippen molar-refractivity contribution in [3.63, 3.8) is 0 Å². The monoisotopic (exact) mass is 282 g/mol. The minimum absolute atomic E-state index is 0.0339. The van der Waals surface area contributed by atoms with Gasteiger partial charge in [-0.1, -0.05) is 27.7 Å². The van der Waals surface area contributed by atoms with E-state index in [1.54, 1.807) is 0 Å². The van der Waals surface area contributed by atoms with Gasteiger partial charge in [-0.2, -0.15) is 0 Å². The number of hydrogen-bond acceptors (Lipinski definition) is 3. The summed E-state index contributed by atoms with van der Waals surface area (Å²) in [4.78, 5) is 14.9. The van der Waals surface area contributed by atoms with E-state index in [4.69, 9.17) is 4.74 Å². The first-order valence-electron chi connectivity index (χ1n) is 7.95. The third kappa shape index (κ3) is 3.01. The number of rotatable bonds is 3. The zero-order valence-corrected chi connectivity index (χ0v) is 13.8. The van der Waals surface area contributed by atoms with E-state index in [-0.39, 0.29) is 23.7 Å². The van der Waals surface area contributed by atoms with Crippen molar-refractivity contribution in [2.45, 2.75) is 78.2 Å². The molecule has 0 aromatic carbocycles. The Labute approximate surface area is 123 Å². The molecule has 0 spiro atoms. The van der Waals surface area contributed by atoms with Gasteiger partial charge in [-0.15, -0.1) is 0 Å². The van der Waals surface area contributed by atoms with E-state index >= 15 is 0 Å². The smallest absolute Gasteiger partial charge is 0.241 e. The minimum atomic E-state index is -0.124. The molecule has 2 fully saturated rings. The molecule has 0 radical (unpaired) electrons. The van der Waals surface area contributed by atoms with Gasteiger partial charge in [-0.3, -0.25) is 10.1 Å². The molecule has 4 nitrogen and oxygen atoms in total. The average molecular weight is 282 g/mol. The zero-order valence-electron chi connectivity index (χ0n) is 13.8. The third-order valence-corrected chi connectivity index (χ3v) is 4.53. The van der Waals surface area contributed by atoms with Crippen LogP contribution in [0.3, 0.4) is 0 Å². The lowest BCUT2D eigenvalue weighted by atomic mass is 9.91. The summed E-state index contributed by atoms with van der Waals surface area (Å²) in [6, 6.07) is 0.267. The molecule has 0 aromatic rings. The van der Waals surface area contributed by atoms with Gasteiger partial charge in [-0.05, 0) is 38.5 Å². The highest BCUT2D eigenvalue weighted by molar-refractivity contribution is 5.85. The number of ether oxygens (including phenoxy) is 1. The van der Waals surface area contributed by atoms with E-state index in [9.17, 15) is 4.79 Å². The molecule has 3 unspecified atom stereocenters. The van der Waals surface area contributed by atoms with Gasteiger partial charge < -0.3 is 9.64 Å². The Morgan fingerprint density at radius 3 is 2.40 bits per heavy atom. The summed E-state index contributed by atoms with van der Waals surface area (Å²) in [6.07, 6.45) is 2.04. The summed E-state index contributed by atoms with van der Waals surface area (Å²) in [5.74, 6) is 1.04. The summed E-state index contributed by atoms with van der Waals surface area (Å²) in [7, 11) is 0. The van der Waals surface area contributed by atoms with Crippen LogP contribution in [0.25, 0.3) is 0 Å². The number of amides is 1. The van der Waals surface area contributed by atoms with Crippen LogP contribution in [0.15, 0.2) is 0 Å². The fourth-order valence-corrected chi connectivity index (χ4v) is 3.47. The molecule has 2 saturated heterocycles. The molecular formula is C16H30N2O2. The van der Waals surface area contributed by atoms with Gasteiger partial charge in [0.2, 0.25) is 5.91 Å². The molecule has 0 aliphatic carbocycles. The molecule has 1 N–H and O–H groups in total. The summed E-state index contributed by atoms with van der Waals surface area (Å²) in [5, 5.41) is 3.55. The van der Waals surface area contributed by atoms with Gasteiger partial charge in [0.25, 0.3) is 0 Å². The van der Waals surface area contributed by atoms with Crippen molar-refractivity contribution < 1.29 is 9.53 Å². The van der Waals surface area contributed by atoms with Crippen LogP contribution in [-0.4, -0.2) is 41.3 Å². The maximum atomic E-state index is 12.8. The Hall–Kier alpha value is -0.610. The number of hydrogen-bond donors (Lipinski definition) is 1. The maximum absolute atomic E-state index is 12.8. The van der Waals surface area contributed by atoms with E-state index in [2.05, 4.69) is 51.8 Å². The van der Waals surface area contributed by atoms with E-state index < -0.39 is 0 Å². The predicted molar refractivity (Wildman–Crippen MR) is 80.3 cm³/mol. The maximum Gasteiger partial charge on any atom is 0.241 e. The molecule has 2 heterocycles. The summed E-state index contributed by atoms with van der Waals surface area (Å²) in [5.41, 5.74) is -0.124. The lowest BCUT2D eigenvalue weighted by Gasteiger charge is -2.42. The molecule has 1 amide bonds. The molecule has 4 heteroatoms. The number of carbonyl (C=O) groups is 1. The van der Waals surface area contributed by atoms with Gasteiger partial charge in [0.1, 0.15) is 0 Å². The summed E-state index contributed by atoms with van der Waals surface area (Å²) >= 11 is 0. The van der Waals surface area contributed by atoms with Crippen LogP contribution in [0.1, 0.15) is 54.4 Å². The van der Waals surface area contributed by atoms with Crippen molar-refractivity contribution >= 4 is 5.91 Å². The van der Waals surface area contributed by atoms with Crippen molar-refractivity contribution in [2.24, 2.45) is 11.8 Å². The third-order valence-electron chi connectivity index (χ3n) is 4.53. The molecule has 116 valence electrons. The quantitative estimate of drug-likeness (QED) is 0.864. The molecular weight excluding hydrogens is 252 g/mol. The summed E-state index contributed by atoms with van der Waals surface area (Å²) in [6.45, 7) is 13.6. The molecule has 0 bridgehead atoms. The van der Waals surface area contributed by atoms with Crippen molar-refractivity contribution in [1.82, 2.24) is 10.2 Å². The molecule has 3 atom stereocenters. The Kier molecular flexibility index (Phi) is 4.45. The van der Waals surface area contributed by atoms with E-state index in [0.717, 1.165) is 19.4 Å². The highest BCUT2D eigenvalue weighted by Crippen LogP contribution is 2.32. The van der Waals surface area contributed by atoms with Gasteiger partial charge >= 0.3 is 0 Å². The van der Waals surface area contributed by atoms with Crippen LogP contribution >= 0.6 is 0 Å². The second-order valence-electron chi connectivity index (χ2n) is 7.58. The Balaban J connectivity index is 2.20. The predicted octanol–water partition coefficient (Wildman–Crippen LogP) is 2.38. The molecule has 2 aliphatic rings. The first kappa shape index (κ1) is 15.8. The standard InChI is InChI=1S/C16H30N2O2/c1-10(2)13-15(19)18(14(17-13)11(3)4)12-7-8-20-16(5,6)9-12/h10-14,17H,7-9H2,1-6H3. The molecule has 0 saturated carbocycles. The van der Waals surface area contributed by atoms with Crippen LogP contribution in [-0.2, 0) is 9.53 Å². The second-order valence-corrected chi connectivity index (χ2v) is 7.58. The van der Waals surface area contributed by atoms with Crippen LogP contribution in [0, 0.1) is 11.8 Å². The Bertz CT molecular complexity index is 365. The van der Waals surface area contributed by atoms with Gasteiger partial charge in [-0.25, -0.2) is 0 Å². The van der Waals surface area contributed by atoms with Gasteiger partial charge in [0.05, 0.1) is 17.8 Å². The van der Waals surface area contributed by atoms with Gasteiger partial charge in [0, 0.05) is 12.6 Å². The molecule has 0 aromatic heterocycles. The highest BCUT2D eigenvalue weighted by atomic mass is 16.5. The van der Waals surface area contributed by atoms with Crippen molar-refractivity contribution in [3.8, 4) is 0 Å². The second kappa shape index (κ2) is 5.64.